The molecule has 0 saturated carbocycles. The fourth-order valence-corrected chi connectivity index (χ4v) is 5.44. The lowest BCUT2D eigenvalue weighted by atomic mass is 9.89. The van der Waals surface area contributed by atoms with Crippen molar-refractivity contribution < 1.29 is 9.53 Å². The van der Waals surface area contributed by atoms with E-state index in [0.717, 1.165) is 64.3 Å². The molecular weight excluding hydrogens is 412 g/mol. The molecule has 3 aromatic rings. The van der Waals surface area contributed by atoms with Crippen molar-refractivity contribution in [1.29, 1.82) is 0 Å². The molecule has 2 saturated heterocycles. The lowest BCUT2D eigenvalue weighted by molar-refractivity contribution is -0.137. The van der Waals surface area contributed by atoms with E-state index in [9.17, 15) is 4.79 Å². The fraction of sp³-hybridized carbons (Fsp3) is 0.481. The van der Waals surface area contributed by atoms with Crippen LogP contribution in [-0.4, -0.2) is 71.6 Å². The Morgan fingerprint density at radius 3 is 2.76 bits per heavy atom. The van der Waals surface area contributed by atoms with Crippen LogP contribution < -0.4 is 0 Å². The first kappa shape index (κ1) is 22.1. The van der Waals surface area contributed by atoms with E-state index in [0.29, 0.717) is 5.92 Å². The molecule has 33 heavy (non-hydrogen) atoms. The van der Waals surface area contributed by atoms with Crippen LogP contribution in [0, 0.1) is 12.8 Å². The van der Waals surface area contributed by atoms with Crippen LogP contribution >= 0.6 is 0 Å². The number of fused-ring (bicyclic) bond motifs is 1. The van der Waals surface area contributed by atoms with Crippen LogP contribution in [0.4, 0.5) is 0 Å². The summed E-state index contributed by atoms with van der Waals surface area (Å²) in [6, 6.07) is 10.8. The molecule has 0 unspecified atom stereocenters. The van der Waals surface area contributed by atoms with Gasteiger partial charge in [0.05, 0.1) is 13.2 Å². The highest BCUT2D eigenvalue weighted by Crippen LogP contribution is 2.39. The number of rotatable bonds is 5. The minimum Gasteiger partial charge on any atom is -0.379 e. The van der Waals surface area contributed by atoms with Crippen molar-refractivity contribution in [2.45, 2.75) is 32.6 Å². The highest BCUT2D eigenvalue weighted by atomic mass is 16.5. The topological polar surface area (TPSA) is 61.5 Å². The maximum atomic E-state index is 13.4. The second-order valence-corrected chi connectivity index (χ2v) is 9.64. The number of hydrogen-bond donors (Lipinski definition) is 1. The number of amides is 1. The molecule has 2 aliphatic rings. The Labute approximate surface area is 195 Å². The molecule has 0 radical (unpaired) electrons. The normalized spacial score (nSPS) is 20.8. The van der Waals surface area contributed by atoms with Gasteiger partial charge in [0.1, 0.15) is 0 Å². The van der Waals surface area contributed by atoms with Gasteiger partial charge in [0, 0.05) is 79.1 Å². The number of ether oxygens (including phenoxy) is 1. The van der Waals surface area contributed by atoms with Gasteiger partial charge in [0.15, 0.2) is 0 Å². The number of hydrogen-bond acceptors (Lipinski definition) is 4. The van der Waals surface area contributed by atoms with Crippen LogP contribution in [0.3, 0.4) is 0 Å². The summed E-state index contributed by atoms with van der Waals surface area (Å²) in [4.78, 5) is 25.8. The molecule has 6 heteroatoms. The number of carbonyl (C=O) groups is 1. The highest BCUT2D eigenvalue weighted by Gasteiger charge is 2.31. The largest absolute Gasteiger partial charge is 0.379 e. The number of piperidine rings is 1. The quantitative estimate of drug-likeness (QED) is 0.638. The number of H-pyrrole nitrogens is 1. The van der Waals surface area contributed by atoms with Crippen LogP contribution in [-0.2, 0) is 9.53 Å². The second-order valence-electron chi connectivity index (χ2n) is 9.64. The van der Waals surface area contributed by atoms with Crippen molar-refractivity contribution in [3.05, 3.63) is 54.0 Å². The fourth-order valence-electron chi connectivity index (χ4n) is 5.44. The van der Waals surface area contributed by atoms with E-state index >= 15 is 0 Å². The van der Waals surface area contributed by atoms with Gasteiger partial charge >= 0.3 is 0 Å². The molecule has 1 amide bonds. The van der Waals surface area contributed by atoms with Gasteiger partial charge in [0.25, 0.3) is 0 Å². The minimum atomic E-state index is 0.00637. The maximum Gasteiger partial charge on any atom is 0.226 e. The number of morpholine rings is 1. The summed E-state index contributed by atoms with van der Waals surface area (Å²) in [5.74, 6) is 0.588. The van der Waals surface area contributed by atoms with Gasteiger partial charge in [-0.3, -0.25) is 14.7 Å². The van der Waals surface area contributed by atoms with Gasteiger partial charge in [0.2, 0.25) is 5.91 Å². The maximum absolute atomic E-state index is 13.4. The van der Waals surface area contributed by atoms with E-state index in [1.165, 1.54) is 27.8 Å². The molecular formula is C27H34N4O2. The van der Waals surface area contributed by atoms with Gasteiger partial charge in [-0.15, -0.1) is 0 Å². The third-order valence-corrected chi connectivity index (χ3v) is 7.15. The standard InChI is InChI=1S/C27H34N4O2/c1-19-5-6-24-23(16-19)25(21-7-9-28-10-8-21)26(29-24)22-4-3-11-31(18-22)27(32)20(2)17-30-12-14-33-15-13-30/h5-10,16,20,22,29H,3-4,11-15,17-18H2,1-2H3/t20-,22-/m0/s1. The average molecular weight is 447 g/mol. The first-order valence-electron chi connectivity index (χ1n) is 12.2. The number of likely N-dealkylation sites (tertiary alicyclic amines) is 1. The molecule has 4 heterocycles. The average Bonchev–Trinajstić information content (AvgIpc) is 3.23. The van der Waals surface area contributed by atoms with Gasteiger partial charge in [-0.1, -0.05) is 18.6 Å². The van der Waals surface area contributed by atoms with Gasteiger partial charge in [-0.05, 0) is 49.6 Å². The molecule has 174 valence electrons. The lowest BCUT2D eigenvalue weighted by Gasteiger charge is -2.36. The number of nitrogens with one attached hydrogen (secondary N) is 1. The van der Waals surface area contributed by atoms with Crippen LogP contribution in [0.15, 0.2) is 42.7 Å². The van der Waals surface area contributed by atoms with Gasteiger partial charge in [-0.2, -0.15) is 0 Å². The van der Waals surface area contributed by atoms with E-state index in [1.54, 1.807) is 0 Å². The predicted octanol–water partition coefficient (Wildman–Crippen LogP) is 4.21. The Kier molecular flexibility index (Phi) is 6.47. The van der Waals surface area contributed by atoms with Crippen molar-refractivity contribution in [3.63, 3.8) is 0 Å². The van der Waals surface area contributed by atoms with Crippen LogP contribution in [0.5, 0.6) is 0 Å². The van der Waals surface area contributed by atoms with Crippen molar-refractivity contribution in [2.24, 2.45) is 5.92 Å². The number of pyridine rings is 1. The lowest BCUT2D eigenvalue weighted by Crippen LogP contribution is -2.46. The molecule has 2 aromatic heterocycles. The molecule has 2 atom stereocenters. The Bertz CT molecular complexity index is 1100. The molecule has 0 aliphatic carbocycles. The van der Waals surface area contributed by atoms with Gasteiger partial charge in [-0.25, -0.2) is 0 Å². The van der Waals surface area contributed by atoms with E-state index < -0.39 is 0 Å². The number of nitrogens with zero attached hydrogens (tertiary/aromatic N) is 3. The predicted molar refractivity (Wildman–Crippen MR) is 131 cm³/mol. The van der Waals surface area contributed by atoms with Crippen molar-refractivity contribution >= 4 is 16.8 Å². The second kappa shape index (κ2) is 9.65. The Hall–Kier alpha value is -2.70. The molecule has 2 aliphatic heterocycles. The Morgan fingerprint density at radius 2 is 1.97 bits per heavy atom. The zero-order valence-corrected chi connectivity index (χ0v) is 19.7. The van der Waals surface area contributed by atoms with E-state index in [2.05, 4.69) is 63.9 Å². The number of aromatic nitrogens is 2. The van der Waals surface area contributed by atoms with E-state index in [-0.39, 0.29) is 11.8 Å². The summed E-state index contributed by atoms with van der Waals surface area (Å²) in [5.41, 5.74) is 6.10. The minimum absolute atomic E-state index is 0.00637. The summed E-state index contributed by atoms with van der Waals surface area (Å²) in [7, 11) is 0. The molecule has 2 fully saturated rings. The van der Waals surface area contributed by atoms with Crippen molar-refractivity contribution in [3.8, 4) is 11.1 Å². The van der Waals surface area contributed by atoms with Crippen LogP contribution in [0.1, 0.15) is 36.9 Å². The third kappa shape index (κ3) is 4.68. The smallest absolute Gasteiger partial charge is 0.226 e. The molecule has 5 rings (SSSR count). The number of benzene rings is 1. The first-order chi connectivity index (χ1) is 16.1. The Balaban J connectivity index is 1.40. The summed E-state index contributed by atoms with van der Waals surface area (Å²) in [6.45, 7) is 10.0. The molecule has 6 nitrogen and oxygen atoms in total. The highest BCUT2D eigenvalue weighted by molar-refractivity contribution is 5.98. The molecule has 1 N–H and O–H groups in total. The van der Waals surface area contributed by atoms with Gasteiger partial charge < -0.3 is 14.6 Å². The van der Waals surface area contributed by atoms with Crippen LogP contribution in [0.2, 0.25) is 0 Å². The Morgan fingerprint density at radius 1 is 1.18 bits per heavy atom. The summed E-state index contributed by atoms with van der Waals surface area (Å²) in [6.07, 6.45) is 5.84. The van der Waals surface area contributed by atoms with E-state index in [1.807, 2.05) is 12.4 Å². The zero-order chi connectivity index (χ0) is 22.8. The number of aromatic amines is 1. The van der Waals surface area contributed by atoms with E-state index in [4.69, 9.17) is 4.74 Å². The molecule has 0 spiro atoms. The summed E-state index contributed by atoms with van der Waals surface area (Å²) >= 11 is 0. The first-order valence-corrected chi connectivity index (χ1v) is 12.2. The number of carbonyl (C=O) groups excluding carboxylic acids is 1. The SMILES string of the molecule is Cc1ccc2[nH]c([C@H]3CCCN(C(=O)[C@@H](C)CN4CCOCC4)C3)c(-c3ccncc3)c2c1. The van der Waals surface area contributed by atoms with Crippen molar-refractivity contribution in [2.75, 3.05) is 45.9 Å². The molecule has 1 aromatic carbocycles. The zero-order valence-electron chi connectivity index (χ0n) is 19.7. The summed E-state index contributed by atoms with van der Waals surface area (Å²) in [5, 5.41) is 1.25. The number of aryl methyl sites for hydroxylation is 1. The third-order valence-electron chi connectivity index (χ3n) is 7.15. The van der Waals surface area contributed by atoms with Crippen molar-refractivity contribution in [1.82, 2.24) is 19.8 Å². The van der Waals surface area contributed by atoms with Crippen LogP contribution in [0.25, 0.3) is 22.0 Å². The monoisotopic (exact) mass is 446 g/mol. The summed E-state index contributed by atoms with van der Waals surface area (Å²) < 4.78 is 5.46. The molecule has 0 bridgehead atoms.